The minimum absolute atomic E-state index is 0.00177. The molecule has 0 aliphatic carbocycles. The van der Waals surface area contributed by atoms with Crippen molar-refractivity contribution in [1.29, 1.82) is 0 Å². The standard InChI is InChI=1S/C16H16N2O4S2/c1-24-8-7-14(16(19)20)17-15(23)13-4-2-3-10-9-11(18(21)22)5-6-12(10)13/h2-6,9,14H,7-8H2,1H3,(H,17,23)(H,19,20)/t14-/m0/s1. The molecule has 0 radical (unpaired) electrons. The molecule has 2 aromatic carbocycles. The number of benzene rings is 2. The van der Waals surface area contributed by atoms with E-state index in [1.54, 1.807) is 36.0 Å². The SMILES string of the molecule is CSCC[C@H](NC(=S)c1cccc2cc([N+](=O)[O-])ccc12)C(=O)O. The third kappa shape index (κ3) is 4.21. The summed E-state index contributed by atoms with van der Waals surface area (Å²) in [5.74, 6) is -0.254. The number of thiocarbonyl (C=S) groups is 1. The lowest BCUT2D eigenvalue weighted by Crippen LogP contribution is -2.40. The van der Waals surface area contributed by atoms with Crippen molar-refractivity contribution in [3.05, 3.63) is 52.1 Å². The first-order chi connectivity index (χ1) is 11.4. The summed E-state index contributed by atoms with van der Waals surface area (Å²) in [4.78, 5) is 22.1. The highest BCUT2D eigenvalue weighted by Crippen LogP contribution is 2.24. The Kier molecular flexibility index (Phi) is 6.10. The summed E-state index contributed by atoms with van der Waals surface area (Å²) in [5, 5.41) is 24.5. The molecule has 0 fully saturated rings. The number of nitrogens with one attached hydrogen (secondary N) is 1. The number of non-ortho nitro benzene ring substituents is 1. The molecule has 0 aliphatic rings. The quantitative estimate of drug-likeness (QED) is 0.443. The Morgan fingerprint density at radius 1 is 1.42 bits per heavy atom. The Bertz CT molecular complexity index is 795. The van der Waals surface area contributed by atoms with Gasteiger partial charge in [0.15, 0.2) is 0 Å². The van der Waals surface area contributed by atoms with Crippen molar-refractivity contribution in [2.45, 2.75) is 12.5 Å². The first-order valence-electron chi connectivity index (χ1n) is 7.14. The molecule has 8 heteroatoms. The van der Waals surface area contributed by atoms with Gasteiger partial charge in [0.1, 0.15) is 11.0 Å². The van der Waals surface area contributed by atoms with Gasteiger partial charge in [-0.25, -0.2) is 4.79 Å². The summed E-state index contributed by atoms with van der Waals surface area (Å²) in [6.07, 6.45) is 2.36. The van der Waals surface area contributed by atoms with E-state index in [0.717, 1.165) is 5.39 Å². The maximum Gasteiger partial charge on any atom is 0.326 e. The summed E-state index contributed by atoms with van der Waals surface area (Å²) in [7, 11) is 0. The largest absolute Gasteiger partial charge is 0.480 e. The molecule has 0 saturated heterocycles. The van der Waals surface area contributed by atoms with Crippen LogP contribution in [0.4, 0.5) is 5.69 Å². The van der Waals surface area contributed by atoms with Crippen LogP contribution in [-0.4, -0.2) is 39.0 Å². The van der Waals surface area contributed by atoms with Gasteiger partial charge in [-0.15, -0.1) is 0 Å². The second-order valence-corrected chi connectivity index (χ2v) is 6.51. The highest BCUT2D eigenvalue weighted by Gasteiger charge is 2.19. The highest BCUT2D eigenvalue weighted by atomic mass is 32.2. The van der Waals surface area contributed by atoms with Crippen LogP contribution in [-0.2, 0) is 4.79 Å². The molecule has 0 unspecified atom stereocenters. The number of hydrogen-bond acceptors (Lipinski definition) is 5. The molecule has 1 atom stereocenters. The topological polar surface area (TPSA) is 92.5 Å². The number of fused-ring (bicyclic) bond motifs is 1. The van der Waals surface area contributed by atoms with Crippen molar-refractivity contribution in [1.82, 2.24) is 5.32 Å². The first-order valence-corrected chi connectivity index (χ1v) is 8.94. The van der Waals surface area contributed by atoms with E-state index in [0.29, 0.717) is 28.1 Å². The fourth-order valence-corrected chi connectivity index (χ4v) is 3.10. The van der Waals surface area contributed by atoms with E-state index >= 15 is 0 Å². The van der Waals surface area contributed by atoms with Crippen molar-refractivity contribution in [3.63, 3.8) is 0 Å². The lowest BCUT2D eigenvalue weighted by atomic mass is 10.0. The van der Waals surface area contributed by atoms with Gasteiger partial charge in [0.25, 0.3) is 5.69 Å². The molecule has 0 saturated carbocycles. The van der Waals surface area contributed by atoms with Gasteiger partial charge in [-0.2, -0.15) is 11.8 Å². The second kappa shape index (κ2) is 8.07. The zero-order chi connectivity index (χ0) is 17.7. The van der Waals surface area contributed by atoms with E-state index < -0.39 is 16.9 Å². The monoisotopic (exact) mass is 364 g/mol. The number of hydrogen-bond donors (Lipinski definition) is 2. The van der Waals surface area contributed by atoms with E-state index in [4.69, 9.17) is 12.2 Å². The van der Waals surface area contributed by atoms with Crippen LogP contribution in [0.5, 0.6) is 0 Å². The third-order valence-corrected chi connectivity index (χ3v) is 4.52. The van der Waals surface area contributed by atoms with E-state index in [9.17, 15) is 20.0 Å². The molecule has 2 aromatic rings. The number of carboxylic acid groups (broad SMARTS) is 1. The molecule has 0 heterocycles. The third-order valence-electron chi connectivity index (χ3n) is 3.53. The molecule has 2 rings (SSSR count). The van der Waals surface area contributed by atoms with Gasteiger partial charge in [0.05, 0.1) is 4.92 Å². The zero-order valence-corrected chi connectivity index (χ0v) is 14.5. The predicted molar refractivity (Wildman–Crippen MR) is 99.9 cm³/mol. The number of aliphatic carboxylic acids is 1. The van der Waals surface area contributed by atoms with Crippen LogP contribution in [0.3, 0.4) is 0 Å². The smallest absolute Gasteiger partial charge is 0.326 e. The lowest BCUT2D eigenvalue weighted by Gasteiger charge is -2.17. The molecule has 0 amide bonds. The van der Waals surface area contributed by atoms with Gasteiger partial charge < -0.3 is 10.4 Å². The van der Waals surface area contributed by atoms with E-state index in [-0.39, 0.29) is 5.69 Å². The van der Waals surface area contributed by atoms with Gasteiger partial charge in [-0.05, 0) is 35.3 Å². The Labute approximate surface area is 148 Å². The first kappa shape index (κ1) is 18.2. The van der Waals surface area contributed by atoms with Crippen molar-refractivity contribution in [3.8, 4) is 0 Å². The average molecular weight is 364 g/mol. The summed E-state index contributed by atoms with van der Waals surface area (Å²) < 4.78 is 0. The Morgan fingerprint density at radius 2 is 2.17 bits per heavy atom. The Morgan fingerprint density at radius 3 is 2.79 bits per heavy atom. The number of carbonyl (C=O) groups is 1. The Hall–Kier alpha value is -2.19. The molecule has 0 spiro atoms. The molecule has 24 heavy (non-hydrogen) atoms. The number of rotatable bonds is 7. The van der Waals surface area contributed by atoms with Crippen LogP contribution in [0.2, 0.25) is 0 Å². The second-order valence-electron chi connectivity index (χ2n) is 5.11. The van der Waals surface area contributed by atoms with Crippen LogP contribution in [0.25, 0.3) is 10.8 Å². The normalized spacial score (nSPS) is 11.9. The average Bonchev–Trinajstić information content (AvgIpc) is 2.56. The number of carboxylic acids is 1. The molecule has 0 aromatic heterocycles. The van der Waals surface area contributed by atoms with Crippen molar-refractivity contribution >= 4 is 51.4 Å². The van der Waals surface area contributed by atoms with Gasteiger partial charge in [0, 0.05) is 17.7 Å². The molecule has 126 valence electrons. The van der Waals surface area contributed by atoms with E-state index in [2.05, 4.69) is 5.32 Å². The zero-order valence-electron chi connectivity index (χ0n) is 12.9. The molecular formula is C16H16N2O4S2. The number of nitrogens with zero attached hydrogens (tertiary/aromatic N) is 1. The summed E-state index contributed by atoms with van der Waals surface area (Å²) >= 11 is 6.93. The summed E-state index contributed by atoms with van der Waals surface area (Å²) in [6.45, 7) is 0. The van der Waals surface area contributed by atoms with Gasteiger partial charge >= 0.3 is 5.97 Å². The van der Waals surface area contributed by atoms with Crippen LogP contribution in [0.15, 0.2) is 36.4 Å². The van der Waals surface area contributed by atoms with Crippen LogP contribution >= 0.6 is 24.0 Å². The number of nitro benzene ring substituents is 1. The minimum atomic E-state index is -0.956. The Balaban J connectivity index is 2.32. The lowest BCUT2D eigenvalue weighted by molar-refractivity contribution is -0.384. The fourth-order valence-electron chi connectivity index (χ4n) is 2.31. The maximum absolute atomic E-state index is 11.3. The summed E-state index contributed by atoms with van der Waals surface area (Å²) in [5.41, 5.74) is 0.662. The molecular weight excluding hydrogens is 348 g/mol. The fraction of sp³-hybridized carbons (Fsp3) is 0.250. The van der Waals surface area contributed by atoms with Crippen molar-refractivity contribution < 1.29 is 14.8 Å². The maximum atomic E-state index is 11.3. The molecule has 0 bridgehead atoms. The highest BCUT2D eigenvalue weighted by molar-refractivity contribution is 7.98. The number of nitro groups is 1. The molecule has 2 N–H and O–H groups in total. The van der Waals surface area contributed by atoms with Crippen LogP contribution in [0.1, 0.15) is 12.0 Å². The number of thioether (sulfide) groups is 1. The van der Waals surface area contributed by atoms with Crippen LogP contribution < -0.4 is 5.32 Å². The van der Waals surface area contributed by atoms with Crippen molar-refractivity contribution in [2.75, 3.05) is 12.0 Å². The van der Waals surface area contributed by atoms with E-state index in [1.165, 1.54) is 12.1 Å². The van der Waals surface area contributed by atoms with Gasteiger partial charge in [0.2, 0.25) is 0 Å². The van der Waals surface area contributed by atoms with Crippen LogP contribution in [0, 0.1) is 10.1 Å². The minimum Gasteiger partial charge on any atom is -0.480 e. The molecule has 6 nitrogen and oxygen atoms in total. The van der Waals surface area contributed by atoms with Gasteiger partial charge in [-0.3, -0.25) is 10.1 Å². The molecule has 0 aliphatic heterocycles. The van der Waals surface area contributed by atoms with Gasteiger partial charge in [-0.1, -0.05) is 30.4 Å². The van der Waals surface area contributed by atoms with Crippen molar-refractivity contribution in [2.24, 2.45) is 0 Å². The predicted octanol–water partition coefficient (Wildman–Crippen LogP) is 3.22. The summed E-state index contributed by atoms with van der Waals surface area (Å²) in [6, 6.07) is 9.04. The van der Waals surface area contributed by atoms with E-state index in [1.807, 2.05) is 6.26 Å².